The van der Waals surface area contributed by atoms with E-state index in [0.717, 1.165) is 30.7 Å². The second kappa shape index (κ2) is 6.70. The molecule has 1 aromatic heterocycles. The zero-order valence-corrected chi connectivity index (χ0v) is 12.5. The average Bonchev–Trinajstić information content (AvgIpc) is 2.47. The molecular weight excluding hydrogens is 252 g/mol. The van der Waals surface area contributed by atoms with Gasteiger partial charge in [-0.05, 0) is 31.6 Å². The highest BCUT2D eigenvalue weighted by Gasteiger charge is 2.20. The van der Waals surface area contributed by atoms with Gasteiger partial charge in [0.15, 0.2) is 0 Å². The van der Waals surface area contributed by atoms with Crippen molar-refractivity contribution in [2.75, 3.05) is 12.0 Å². The van der Waals surface area contributed by atoms with Gasteiger partial charge in [0.2, 0.25) is 5.88 Å². The van der Waals surface area contributed by atoms with Crippen molar-refractivity contribution >= 4 is 5.82 Å². The molecule has 5 nitrogen and oxygen atoms in total. The number of aromatic nitrogens is 2. The van der Waals surface area contributed by atoms with E-state index in [1.54, 1.807) is 0 Å². The first kappa shape index (κ1) is 14.8. The Morgan fingerprint density at radius 1 is 1.35 bits per heavy atom. The minimum Gasteiger partial charge on any atom is -0.477 e. The van der Waals surface area contributed by atoms with Gasteiger partial charge in [-0.2, -0.15) is 4.98 Å². The van der Waals surface area contributed by atoms with Crippen LogP contribution in [0.1, 0.15) is 38.1 Å². The SMILES string of the molecule is CCc1nc(NN)c(C)c(OCC2CC=CCC2C)n1. The number of aryl methyl sites for hydroxylation is 1. The van der Waals surface area contributed by atoms with E-state index in [1.165, 1.54) is 0 Å². The van der Waals surface area contributed by atoms with Crippen LogP contribution in [0.15, 0.2) is 12.2 Å². The molecule has 0 aromatic carbocycles. The third-order valence-electron chi connectivity index (χ3n) is 3.95. The summed E-state index contributed by atoms with van der Waals surface area (Å²) in [6, 6.07) is 0. The second-order valence-electron chi connectivity index (χ2n) is 5.41. The number of anilines is 1. The number of allylic oxidation sites excluding steroid dienone is 2. The molecule has 1 heterocycles. The summed E-state index contributed by atoms with van der Waals surface area (Å²) in [4.78, 5) is 8.80. The maximum absolute atomic E-state index is 5.95. The number of nitrogens with two attached hydrogens (primary N) is 1. The van der Waals surface area contributed by atoms with Crippen LogP contribution < -0.4 is 16.0 Å². The standard InChI is InChI=1S/C15H24N4O/c1-4-13-17-14(19-16)11(3)15(18-13)20-9-12-8-6-5-7-10(12)2/h5-6,10,12H,4,7-9,16H2,1-3H3,(H,17,18,19). The highest BCUT2D eigenvalue weighted by atomic mass is 16.5. The van der Waals surface area contributed by atoms with Gasteiger partial charge in [0.05, 0.1) is 12.2 Å². The first-order valence-electron chi connectivity index (χ1n) is 7.27. The highest BCUT2D eigenvalue weighted by Crippen LogP contribution is 2.27. The second-order valence-corrected chi connectivity index (χ2v) is 5.41. The van der Waals surface area contributed by atoms with E-state index in [4.69, 9.17) is 10.6 Å². The summed E-state index contributed by atoms with van der Waals surface area (Å²) in [5.41, 5.74) is 3.48. The summed E-state index contributed by atoms with van der Waals surface area (Å²) >= 11 is 0. The molecule has 110 valence electrons. The van der Waals surface area contributed by atoms with Crippen LogP contribution in [0.4, 0.5) is 5.82 Å². The molecule has 1 aromatic rings. The van der Waals surface area contributed by atoms with E-state index in [1.807, 2.05) is 13.8 Å². The molecule has 1 aliphatic carbocycles. The molecule has 0 fully saturated rings. The fourth-order valence-corrected chi connectivity index (χ4v) is 2.40. The molecule has 0 radical (unpaired) electrons. The highest BCUT2D eigenvalue weighted by molar-refractivity contribution is 5.47. The minimum atomic E-state index is 0.550. The van der Waals surface area contributed by atoms with Crippen molar-refractivity contribution in [1.29, 1.82) is 0 Å². The van der Waals surface area contributed by atoms with Crippen LogP contribution in [0.25, 0.3) is 0 Å². The lowest BCUT2D eigenvalue weighted by Gasteiger charge is -2.25. The van der Waals surface area contributed by atoms with Crippen molar-refractivity contribution in [3.05, 3.63) is 23.5 Å². The van der Waals surface area contributed by atoms with Gasteiger partial charge >= 0.3 is 0 Å². The monoisotopic (exact) mass is 276 g/mol. The zero-order chi connectivity index (χ0) is 14.5. The Balaban J connectivity index is 2.10. The van der Waals surface area contributed by atoms with E-state index < -0.39 is 0 Å². The van der Waals surface area contributed by atoms with Crippen molar-refractivity contribution in [3.63, 3.8) is 0 Å². The predicted octanol–water partition coefficient (Wildman–Crippen LogP) is 2.61. The van der Waals surface area contributed by atoms with Crippen LogP contribution >= 0.6 is 0 Å². The van der Waals surface area contributed by atoms with Crippen LogP contribution in [0.5, 0.6) is 5.88 Å². The molecule has 5 heteroatoms. The zero-order valence-electron chi connectivity index (χ0n) is 12.5. The lowest BCUT2D eigenvalue weighted by atomic mass is 9.85. The first-order valence-corrected chi connectivity index (χ1v) is 7.27. The number of nitrogen functional groups attached to an aromatic ring is 1. The Kier molecular flexibility index (Phi) is 4.95. The van der Waals surface area contributed by atoms with E-state index >= 15 is 0 Å². The quantitative estimate of drug-likeness (QED) is 0.491. The first-order chi connectivity index (χ1) is 9.65. The number of hydrogen-bond donors (Lipinski definition) is 2. The molecule has 0 bridgehead atoms. The van der Waals surface area contributed by atoms with Gasteiger partial charge in [-0.3, -0.25) is 0 Å². The summed E-state index contributed by atoms with van der Waals surface area (Å²) in [6.07, 6.45) is 7.46. The molecule has 20 heavy (non-hydrogen) atoms. The van der Waals surface area contributed by atoms with Crippen molar-refractivity contribution in [2.24, 2.45) is 17.7 Å². The summed E-state index contributed by atoms with van der Waals surface area (Å²) in [7, 11) is 0. The number of hydrogen-bond acceptors (Lipinski definition) is 5. The minimum absolute atomic E-state index is 0.550. The van der Waals surface area contributed by atoms with E-state index in [2.05, 4.69) is 34.5 Å². The molecule has 0 saturated heterocycles. The van der Waals surface area contributed by atoms with E-state index in [0.29, 0.717) is 30.1 Å². The molecule has 0 saturated carbocycles. The van der Waals surface area contributed by atoms with Crippen molar-refractivity contribution < 1.29 is 4.74 Å². The maximum atomic E-state index is 5.95. The number of nitrogens with zero attached hydrogens (tertiary/aromatic N) is 2. The van der Waals surface area contributed by atoms with Gasteiger partial charge in [-0.1, -0.05) is 26.0 Å². The van der Waals surface area contributed by atoms with Crippen molar-refractivity contribution in [1.82, 2.24) is 9.97 Å². The number of hydrazine groups is 1. The number of ether oxygens (including phenoxy) is 1. The predicted molar refractivity (Wildman–Crippen MR) is 80.5 cm³/mol. The van der Waals surface area contributed by atoms with Crippen LogP contribution in [-0.2, 0) is 6.42 Å². The third kappa shape index (κ3) is 3.28. The van der Waals surface area contributed by atoms with Gasteiger partial charge in [0.25, 0.3) is 0 Å². The molecule has 3 N–H and O–H groups in total. The molecule has 1 aliphatic rings. The topological polar surface area (TPSA) is 73.1 Å². The molecular formula is C15H24N4O. The number of rotatable bonds is 5. The van der Waals surface area contributed by atoms with Gasteiger partial charge in [-0.15, -0.1) is 0 Å². The van der Waals surface area contributed by atoms with Crippen LogP contribution in [0.3, 0.4) is 0 Å². The average molecular weight is 276 g/mol. The van der Waals surface area contributed by atoms with Gasteiger partial charge in [0.1, 0.15) is 11.6 Å². The maximum Gasteiger partial charge on any atom is 0.221 e. The Labute approximate surface area is 120 Å². The normalized spacial score (nSPS) is 21.8. The number of nitrogens with one attached hydrogen (secondary N) is 1. The smallest absolute Gasteiger partial charge is 0.221 e. The Morgan fingerprint density at radius 3 is 2.75 bits per heavy atom. The molecule has 2 unspecified atom stereocenters. The Morgan fingerprint density at radius 2 is 2.10 bits per heavy atom. The summed E-state index contributed by atoms with van der Waals surface area (Å²) in [6.45, 7) is 6.90. The van der Waals surface area contributed by atoms with Crippen molar-refractivity contribution in [2.45, 2.75) is 40.0 Å². The Hall–Kier alpha value is -1.62. The lowest BCUT2D eigenvalue weighted by Crippen LogP contribution is -2.22. The fraction of sp³-hybridized carbons (Fsp3) is 0.600. The van der Waals surface area contributed by atoms with Crippen LogP contribution in [-0.4, -0.2) is 16.6 Å². The van der Waals surface area contributed by atoms with Crippen LogP contribution in [0, 0.1) is 18.8 Å². The largest absolute Gasteiger partial charge is 0.477 e. The summed E-state index contributed by atoms with van der Waals surface area (Å²) in [5, 5.41) is 0. The van der Waals surface area contributed by atoms with Gasteiger partial charge < -0.3 is 10.2 Å². The molecule has 0 aliphatic heterocycles. The van der Waals surface area contributed by atoms with Crippen LogP contribution in [0.2, 0.25) is 0 Å². The summed E-state index contributed by atoms with van der Waals surface area (Å²) < 4.78 is 5.95. The van der Waals surface area contributed by atoms with Crippen molar-refractivity contribution in [3.8, 4) is 5.88 Å². The fourth-order valence-electron chi connectivity index (χ4n) is 2.40. The van der Waals surface area contributed by atoms with Gasteiger partial charge in [0, 0.05) is 6.42 Å². The van der Waals surface area contributed by atoms with Gasteiger partial charge in [-0.25, -0.2) is 10.8 Å². The molecule has 2 rings (SSSR count). The summed E-state index contributed by atoms with van der Waals surface area (Å²) in [5.74, 6) is 8.73. The van der Waals surface area contributed by atoms with E-state index in [-0.39, 0.29) is 0 Å². The van der Waals surface area contributed by atoms with E-state index in [9.17, 15) is 0 Å². The Bertz CT molecular complexity index is 487. The molecule has 0 spiro atoms. The lowest BCUT2D eigenvalue weighted by molar-refractivity contribution is 0.191. The molecule has 2 atom stereocenters. The molecule has 0 amide bonds. The third-order valence-corrected chi connectivity index (χ3v) is 3.95.